The maximum Gasteiger partial charge on any atom is 0.567 e. The molecule has 0 saturated carbocycles. The predicted molar refractivity (Wildman–Crippen MR) is 110 cm³/mol. The summed E-state index contributed by atoms with van der Waals surface area (Å²) in [6, 6.07) is 0. The second-order valence-electron chi connectivity index (χ2n) is 8.94. The average molecular weight is 397 g/mol. The Balaban J connectivity index is 5.96. The van der Waals surface area contributed by atoms with E-state index in [-0.39, 0.29) is 0 Å². The highest BCUT2D eigenvalue weighted by Gasteiger charge is 2.55. The smallest absolute Gasteiger partial charge is 0.405 e. The zero-order valence-corrected chi connectivity index (χ0v) is 21.1. The van der Waals surface area contributed by atoms with Crippen molar-refractivity contribution in [3.8, 4) is 0 Å². The third-order valence-electron chi connectivity index (χ3n) is 2.59. The minimum Gasteiger partial charge on any atom is -0.405 e. The Labute approximate surface area is 148 Å². The molecule has 23 heavy (non-hydrogen) atoms. The Bertz CT molecular complexity index is 305. The molecule has 0 unspecified atom stereocenters. The molecule has 0 fully saturated rings. The molecule has 9 heteroatoms. The molecule has 0 rings (SSSR count). The van der Waals surface area contributed by atoms with E-state index in [1.807, 2.05) is 0 Å². The Morgan fingerprint density at radius 1 is 0.696 bits per heavy atom. The Morgan fingerprint density at radius 3 is 1.26 bits per heavy atom. The largest absolute Gasteiger partial charge is 0.567 e. The monoisotopic (exact) mass is 396 g/mol. The van der Waals surface area contributed by atoms with Gasteiger partial charge in [-0.1, -0.05) is 6.92 Å². The van der Waals surface area contributed by atoms with E-state index in [4.69, 9.17) is 18.1 Å². The van der Waals surface area contributed by atoms with E-state index in [1.165, 1.54) is 0 Å². The van der Waals surface area contributed by atoms with Crippen LogP contribution in [0.25, 0.3) is 0 Å². The van der Waals surface area contributed by atoms with Crippen molar-refractivity contribution in [3.63, 3.8) is 0 Å². The van der Waals surface area contributed by atoms with Crippen LogP contribution >= 0.6 is 0 Å². The molecule has 0 bridgehead atoms. The van der Waals surface area contributed by atoms with Gasteiger partial charge in [0.15, 0.2) is 25.0 Å². The summed E-state index contributed by atoms with van der Waals surface area (Å²) in [4.78, 5) is 0. The van der Waals surface area contributed by atoms with Crippen LogP contribution in [0.5, 0.6) is 0 Å². The van der Waals surface area contributed by atoms with Crippen molar-refractivity contribution >= 4 is 33.9 Å². The number of nitrogens with two attached hydrogens (primary N) is 1. The fourth-order valence-corrected chi connectivity index (χ4v) is 15.6. The highest BCUT2D eigenvalue weighted by molar-refractivity contribution is 6.89. The summed E-state index contributed by atoms with van der Waals surface area (Å²) in [6.45, 7) is 24.3. The van der Waals surface area contributed by atoms with E-state index in [2.05, 4.69) is 70.4 Å². The van der Waals surface area contributed by atoms with E-state index in [0.717, 1.165) is 19.5 Å². The zero-order chi connectivity index (χ0) is 18.5. The average Bonchev–Trinajstić information content (AvgIpc) is 2.20. The summed E-state index contributed by atoms with van der Waals surface area (Å²) in [7, 11) is -8.45. The van der Waals surface area contributed by atoms with Gasteiger partial charge < -0.3 is 18.1 Å². The summed E-state index contributed by atoms with van der Waals surface area (Å²) >= 11 is 0. The maximum atomic E-state index is 6.72. The highest BCUT2D eigenvalue weighted by atomic mass is 28.5. The van der Waals surface area contributed by atoms with Crippen LogP contribution in [0.15, 0.2) is 0 Å². The van der Waals surface area contributed by atoms with Gasteiger partial charge in [-0.15, -0.1) is 0 Å². The standard InChI is InChI=1S/C14H40N2O3Si4/c1-11-13-16(14-12-15)23(17-20(2,3)4,18-21(5,6)7)19-22(8,9)10/h11-15H2,1-10H3. The molecule has 140 valence electrons. The van der Waals surface area contributed by atoms with Gasteiger partial charge in [-0.25, -0.2) is 0 Å². The molecule has 0 atom stereocenters. The molecule has 0 spiro atoms. The second-order valence-corrected chi connectivity index (χ2v) is 25.7. The number of rotatable bonds is 11. The molecule has 0 aliphatic carbocycles. The van der Waals surface area contributed by atoms with Crippen molar-refractivity contribution in [1.82, 2.24) is 4.57 Å². The minimum atomic E-state index is -2.93. The van der Waals surface area contributed by atoms with E-state index >= 15 is 0 Å². The Kier molecular flexibility index (Phi) is 9.11. The molecule has 0 aliphatic heterocycles. The number of nitrogens with zero attached hydrogens (tertiary/aromatic N) is 1. The van der Waals surface area contributed by atoms with Crippen LogP contribution in [0.3, 0.4) is 0 Å². The molecule has 5 nitrogen and oxygen atoms in total. The van der Waals surface area contributed by atoms with Gasteiger partial charge in [-0.05, 0) is 71.9 Å². The molecule has 0 aliphatic rings. The van der Waals surface area contributed by atoms with Gasteiger partial charge >= 0.3 is 8.97 Å². The molecule has 0 saturated heterocycles. The van der Waals surface area contributed by atoms with E-state index in [9.17, 15) is 0 Å². The minimum absolute atomic E-state index is 0.591. The first-order valence-electron chi connectivity index (χ1n) is 8.70. The summed E-state index contributed by atoms with van der Waals surface area (Å²) in [5, 5.41) is 0. The van der Waals surface area contributed by atoms with Gasteiger partial charge in [0, 0.05) is 13.1 Å². The first-order chi connectivity index (χ1) is 10.1. The van der Waals surface area contributed by atoms with Crippen molar-refractivity contribution < 1.29 is 12.3 Å². The quantitative estimate of drug-likeness (QED) is 0.540. The fraction of sp³-hybridized carbons (Fsp3) is 1.00. The van der Waals surface area contributed by atoms with Crippen LogP contribution in [-0.4, -0.2) is 58.1 Å². The van der Waals surface area contributed by atoms with Gasteiger partial charge in [0.2, 0.25) is 0 Å². The molecule has 0 aromatic rings. The SMILES string of the molecule is CCCN(CCN)[Si](O[Si](C)(C)C)(O[Si](C)(C)C)O[Si](C)(C)C. The Morgan fingerprint density at radius 2 is 1.04 bits per heavy atom. The number of hydrogen-bond donors (Lipinski definition) is 1. The van der Waals surface area contributed by atoms with Gasteiger partial charge in [0.05, 0.1) is 0 Å². The summed E-state index contributed by atoms with van der Waals surface area (Å²) in [5.41, 5.74) is 5.90. The molecule has 0 amide bonds. The van der Waals surface area contributed by atoms with Gasteiger partial charge in [-0.3, -0.25) is 4.57 Å². The van der Waals surface area contributed by atoms with Crippen LogP contribution < -0.4 is 5.73 Å². The van der Waals surface area contributed by atoms with Crippen LogP contribution in [0.4, 0.5) is 0 Å². The summed E-state index contributed by atoms with van der Waals surface area (Å²) < 4.78 is 22.5. The Hall–Kier alpha value is 0.668. The molecular weight excluding hydrogens is 357 g/mol. The predicted octanol–water partition coefficient (Wildman–Crippen LogP) is 3.65. The lowest BCUT2D eigenvalue weighted by atomic mass is 10.5. The first-order valence-corrected chi connectivity index (χ1v) is 20.6. The van der Waals surface area contributed by atoms with Crippen molar-refractivity contribution in [2.75, 3.05) is 19.6 Å². The van der Waals surface area contributed by atoms with Gasteiger partial charge in [0.25, 0.3) is 0 Å². The van der Waals surface area contributed by atoms with E-state index in [1.54, 1.807) is 0 Å². The summed E-state index contributed by atoms with van der Waals surface area (Å²) in [6.07, 6.45) is 1.04. The molecule has 0 radical (unpaired) electrons. The molecule has 0 heterocycles. The molecular formula is C14H40N2O3Si4. The normalized spacial score (nSPS) is 14.6. The van der Waals surface area contributed by atoms with Crippen LogP contribution in [0.1, 0.15) is 13.3 Å². The van der Waals surface area contributed by atoms with E-state index in [0.29, 0.717) is 6.54 Å². The van der Waals surface area contributed by atoms with Crippen LogP contribution in [0.2, 0.25) is 58.9 Å². The zero-order valence-electron chi connectivity index (χ0n) is 17.1. The number of hydrogen-bond acceptors (Lipinski definition) is 5. The molecule has 2 N–H and O–H groups in total. The van der Waals surface area contributed by atoms with Gasteiger partial charge in [-0.2, -0.15) is 0 Å². The third-order valence-corrected chi connectivity index (χ3v) is 14.3. The van der Waals surface area contributed by atoms with Crippen molar-refractivity contribution in [2.24, 2.45) is 5.73 Å². The first kappa shape index (κ1) is 23.7. The van der Waals surface area contributed by atoms with E-state index < -0.39 is 33.9 Å². The van der Waals surface area contributed by atoms with Crippen LogP contribution in [0, 0.1) is 0 Å². The van der Waals surface area contributed by atoms with Crippen molar-refractivity contribution in [1.29, 1.82) is 0 Å². The lowest BCUT2D eigenvalue weighted by molar-refractivity contribution is 0.154. The highest BCUT2D eigenvalue weighted by Crippen LogP contribution is 2.28. The molecule has 0 aromatic carbocycles. The van der Waals surface area contributed by atoms with Crippen molar-refractivity contribution in [3.05, 3.63) is 0 Å². The van der Waals surface area contributed by atoms with Gasteiger partial charge in [0.1, 0.15) is 0 Å². The van der Waals surface area contributed by atoms with Crippen molar-refractivity contribution in [2.45, 2.75) is 72.3 Å². The maximum absolute atomic E-state index is 6.72. The lowest BCUT2D eigenvalue weighted by Gasteiger charge is -2.47. The van der Waals surface area contributed by atoms with Crippen LogP contribution in [-0.2, 0) is 12.3 Å². The third kappa shape index (κ3) is 10.3. The molecule has 0 aromatic heterocycles. The topological polar surface area (TPSA) is 57.0 Å². The second kappa shape index (κ2) is 8.85. The fourth-order valence-electron chi connectivity index (χ4n) is 2.23. The summed E-state index contributed by atoms with van der Waals surface area (Å²) in [5.74, 6) is 0. The lowest BCUT2D eigenvalue weighted by Crippen LogP contribution is -2.70.